The van der Waals surface area contributed by atoms with E-state index in [0.717, 1.165) is 29.1 Å². The number of rotatable bonds is 6. The molecule has 5 heteroatoms. The van der Waals surface area contributed by atoms with E-state index < -0.39 is 0 Å². The highest BCUT2D eigenvalue weighted by Crippen LogP contribution is 2.15. The molecule has 4 nitrogen and oxygen atoms in total. The molecular formula is C16H24IN3O. The van der Waals surface area contributed by atoms with Crippen LogP contribution in [-0.2, 0) is 6.54 Å². The largest absolute Gasteiger partial charge is 1.00 e. The predicted octanol–water partition coefficient (Wildman–Crippen LogP) is -0.671. The smallest absolute Gasteiger partial charge is 0.212 e. The van der Waals surface area contributed by atoms with Crippen molar-refractivity contribution in [1.29, 1.82) is 0 Å². The van der Waals surface area contributed by atoms with Gasteiger partial charge in [0, 0.05) is 6.07 Å². The first-order valence-electron chi connectivity index (χ1n) is 6.96. The average Bonchev–Trinajstić information content (AvgIpc) is 2.69. The second kappa shape index (κ2) is 7.79. The van der Waals surface area contributed by atoms with Crippen LogP contribution in [0.5, 0.6) is 5.88 Å². The SMILES string of the molecule is Cc1cc(OCC[N+](C)(C)C)n(Cc2ccccc2)n1.[I-]. The van der Waals surface area contributed by atoms with Crippen LogP contribution in [0.4, 0.5) is 0 Å². The number of hydrogen-bond donors (Lipinski definition) is 0. The molecule has 0 fully saturated rings. The summed E-state index contributed by atoms with van der Waals surface area (Å²) < 4.78 is 8.72. The van der Waals surface area contributed by atoms with Gasteiger partial charge in [-0.1, -0.05) is 30.3 Å². The second-order valence-corrected chi connectivity index (χ2v) is 6.13. The van der Waals surface area contributed by atoms with Gasteiger partial charge in [0.15, 0.2) is 0 Å². The van der Waals surface area contributed by atoms with Crippen molar-refractivity contribution < 1.29 is 33.2 Å². The molecule has 0 aliphatic heterocycles. The van der Waals surface area contributed by atoms with Gasteiger partial charge < -0.3 is 33.2 Å². The zero-order valence-electron chi connectivity index (χ0n) is 13.2. The summed E-state index contributed by atoms with van der Waals surface area (Å²) in [5, 5.41) is 4.51. The first kappa shape index (κ1) is 18.0. The Morgan fingerprint density at radius 3 is 2.43 bits per heavy atom. The molecule has 2 aromatic rings. The Morgan fingerprint density at radius 2 is 1.81 bits per heavy atom. The van der Waals surface area contributed by atoms with E-state index in [1.165, 1.54) is 5.56 Å². The van der Waals surface area contributed by atoms with Gasteiger partial charge in [0.2, 0.25) is 5.88 Å². The predicted molar refractivity (Wildman–Crippen MR) is 80.9 cm³/mol. The van der Waals surface area contributed by atoms with Crippen LogP contribution in [-0.4, -0.2) is 48.6 Å². The van der Waals surface area contributed by atoms with E-state index in [1.54, 1.807) is 0 Å². The lowest BCUT2D eigenvalue weighted by molar-refractivity contribution is -0.870. The maximum Gasteiger partial charge on any atom is 0.212 e. The number of hydrogen-bond acceptors (Lipinski definition) is 2. The number of aromatic nitrogens is 2. The van der Waals surface area contributed by atoms with Gasteiger partial charge in [-0.25, -0.2) is 4.68 Å². The fraction of sp³-hybridized carbons (Fsp3) is 0.438. The van der Waals surface area contributed by atoms with E-state index in [9.17, 15) is 0 Å². The fourth-order valence-electron chi connectivity index (χ4n) is 1.93. The topological polar surface area (TPSA) is 27.1 Å². The summed E-state index contributed by atoms with van der Waals surface area (Å²) in [6.45, 7) is 4.40. The number of ether oxygens (including phenoxy) is 1. The Morgan fingerprint density at radius 1 is 1.14 bits per heavy atom. The summed E-state index contributed by atoms with van der Waals surface area (Å²) in [6.07, 6.45) is 0. The van der Waals surface area contributed by atoms with Crippen molar-refractivity contribution >= 4 is 0 Å². The minimum atomic E-state index is 0. The first-order chi connectivity index (χ1) is 9.44. The number of benzene rings is 1. The third-order valence-corrected chi connectivity index (χ3v) is 3.05. The van der Waals surface area contributed by atoms with Crippen LogP contribution in [0, 0.1) is 6.92 Å². The molecule has 0 unspecified atom stereocenters. The number of aryl methyl sites for hydroxylation is 1. The summed E-state index contributed by atoms with van der Waals surface area (Å²) in [7, 11) is 6.49. The zero-order valence-corrected chi connectivity index (χ0v) is 15.4. The molecule has 0 saturated heterocycles. The number of nitrogens with zero attached hydrogens (tertiary/aromatic N) is 3. The van der Waals surface area contributed by atoms with Crippen molar-refractivity contribution in [3.63, 3.8) is 0 Å². The van der Waals surface area contributed by atoms with Crippen LogP contribution in [0.25, 0.3) is 0 Å². The van der Waals surface area contributed by atoms with E-state index in [-0.39, 0.29) is 24.0 Å². The first-order valence-corrected chi connectivity index (χ1v) is 6.96. The van der Waals surface area contributed by atoms with Gasteiger partial charge in [0.25, 0.3) is 0 Å². The molecule has 1 heterocycles. The van der Waals surface area contributed by atoms with Crippen LogP contribution in [0.3, 0.4) is 0 Å². The van der Waals surface area contributed by atoms with Crippen LogP contribution in [0.1, 0.15) is 11.3 Å². The van der Waals surface area contributed by atoms with Gasteiger partial charge in [-0.05, 0) is 12.5 Å². The summed E-state index contributed by atoms with van der Waals surface area (Å²) >= 11 is 0. The molecule has 0 amide bonds. The van der Waals surface area contributed by atoms with E-state index in [2.05, 4.69) is 38.4 Å². The number of quaternary nitrogens is 1. The van der Waals surface area contributed by atoms with Gasteiger partial charge in [0.1, 0.15) is 13.2 Å². The van der Waals surface area contributed by atoms with Gasteiger partial charge in [-0.2, -0.15) is 5.10 Å². The van der Waals surface area contributed by atoms with Crippen molar-refractivity contribution in [2.75, 3.05) is 34.3 Å². The normalized spacial score (nSPS) is 11.0. The molecule has 0 aliphatic carbocycles. The highest BCUT2D eigenvalue weighted by molar-refractivity contribution is 5.20. The standard InChI is InChI=1S/C16H24N3O.HI/c1-14-12-16(20-11-10-19(2,3)4)18(17-14)13-15-8-6-5-7-9-15;/h5-9,12H,10-11,13H2,1-4H3;1H/q+1;/p-1. The Balaban J connectivity index is 0.00000220. The lowest BCUT2D eigenvalue weighted by Gasteiger charge is -2.23. The molecule has 21 heavy (non-hydrogen) atoms. The van der Waals surface area contributed by atoms with Crippen molar-refractivity contribution in [2.24, 2.45) is 0 Å². The van der Waals surface area contributed by atoms with Gasteiger partial charge >= 0.3 is 0 Å². The lowest BCUT2D eigenvalue weighted by atomic mass is 10.2. The summed E-state index contributed by atoms with van der Waals surface area (Å²) in [6, 6.07) is 12.3. The highest BCUT2D eigenvalue weighted by Gasteiger charge is 2.10. The molecule has 116 valence electrons. The van der Waals surface area contributed by atoms with Crippen molar-refractivity contribution in [2.45, 2.75) is 13.5 Å². The minimum Gasteiger partial charge on any atom is -1.00 e. The third kappa shape index (κ3) is 6.05. The van der Waals surface area contributed by atoms with E-state index >= 15 is 0 Å². The van der Waals surface area contributed by atoms with Gasteiger partial charge in [-0.15, -0.1) is 0 Å². The summed E-state index contributed by atoms with van der Waals surface area (Å²) in [4.78, 5) is 0. The Kier molecular flexibility index (Phi) is 6.67. The minimum absolute atomic E-state index is 0. The van der Waals surface area contributed by atoms with Crippen LogP contribution < -0.4 is 28.7 Å². The molecule has 2 rings (SSSR count). The Hall–Kier alpha value is -1.08. The molecule has 0 aliphatic rings. The Labute approximate surface area is 144 Å². The monoisotopic (exact) mass is 401 g/mol. The maximum atomic E-state index is 5.89. The molecule has 1 aromatic heterocycles. The van der Waals surface area contributed by atoms with Gasteiger partial charge in [-0.3, -0.25) is 0 Å². The van der Waals surface area contributed by atoms with Crippen molar-refractivity contribution in [1.82, 2.24) is 9.78 Å². The Bertz CT molecular complexity index is 546. The average molecular weight is 401 g/mol. The number of likely N-dealkylation sites (N-methyl/N-ethyl adjacent to an activating group) is 1. The summed E-state index contributed by atoms with van der Waals surface area (Å²) in [5.41, 5.74) is 2.22. The molecule has 1 aromatic carbocycles. The van der Waals surface area contributed by atoms with E-state index in [1.807, 2.05) is 35.9 Å². The lowest BCUT2D eigenvalue weighted by Crippen LogP contribution is -3.00. The van der Waals surface area contributed by atoms with Crippen LogP contribution in [0.15, 0.2) is 36.4 Å². The van der Waals surface area contributed by atoms with Gasteiger partial charge in [0.05, 0.1) is 33.4 Å². The van der Waals surface area contributed by atoms with E-state index in [0.29, 0.717) is 6.61 Å². The molecule has 0 bridgehead atoms. The maximum absolute atomic E-state index is 5.89. The zero-order chi connectivity index (χ0) is 14.6. The second-order valence-electron chi connectivity index (χ2n) is 6.13. The van der Waals surface area contributed by atoms with E-state index in [4.69, 9.17) is 4.74 Å². The molecule has 0 N–H and O–H groups in total. The van der Waals surface area contributed by atoms with Crippen molar-refractivity contribution in [3.8, 4) is 5.88 Å². The third-order valence-electron chi connectivity index (χ3n) is 3.05. The highest BCUT2D eigenvalue weighted by atomic mass is 127. The summed E-state index contributed by atoms with van der Waals surface area (Å²) in [5.74, 6) is 0.847. The molecule has 0 atom stereocenters. The quantitative estimate of drug-likeness (QED) is 0.475. The van der Waals surface area contributed by atoms with Crippen LogP contribution in [0.2, 0.25) is 0 Å². The molecular weight excluding hydrogens is 377 g/mol. The van der Waals surface area contributed by atoms with Crippen molar-refractivity contribution in [3.05, 3.63) is 47.7 Å². The fourth-order valence-corrected chi connectivity index (χ4v) is 1.93. The molecule has 0 spiro atoms. The van der Waals surface area contributed by atoms with Crippen LogP contribution >= 0.6 is 0 Å². The number of halogens is 1. The molecule has 0 radical (unpaired) electrons. The molecule has 0 saturated carbocycles.